The molecule has 0 aliphatic heterocycles. The second-order valence-electron chi connectivity index (χ2n) is 7.89. The summed E-state index contributed by atoms with van der Waals surface area (Å²) in [7, 11) is 4.03. The molecule has 0 aliphatic rings. The van der Waals surface area contributed by atoms with Gasteiger partial charge in [0.05, 0.1) is 18.0 Å². The number of hydrogen-bond acceptors (Lipinski definition) is 5. The highest BCUT2D eigenvalue weighted by Gasteiger charge is 1.99. The Morgan fingerprint density at radius 1 is 0.774 bits per heavy atom. The molecule has 0 unspecified atom stereocenters. The zero-order valence-corrected chi connectivity index (χ0v) is 19.5. The third-order valence-corrected chi connectivity index (χ3v) is 5.21. The lowest BCUT2D eigenvalue weighted by molar-refractivity contribution is -0.111. The fourth-order valence-corrected chi connectivity index (χ4v) is 3.29. The first-order valence-electron chi connectivity index (χ1n) is 11.1. The molecule has 0 radical (unpaired) electrons. The van der Waals surface area contributed by atoms with E-state index in [1.54, 1.807) is 0 Å². The third kappa shape index (κ3) is 11.0. The standard InChI is InChI=1S/C25H34ClN3O2/c1-29(2)23-16-12-21(13-17-23)27-28-22-14-18-24(19-15-22)31-20-10-8-6-4-3-5-7-9-11-25(26)30/h12-19H,3-11,20H2,1-2H3. The van der Waals surface area contributed by atoms with Gasteiger partial charge in [0, 0.05) is 26.2 Å². The van der Waals surface area contributed by atoms with E-state index in [1.807, 2.05) is 62.6 Å². The van der Waals surface area contributed by atoms with Crippen LogP contribution in [-0.4, -0.2) is 25.9 Å². The molecule has 2 rings (SSSR count). The SMILES string of the molecule is CN(C)c1ccc(N=Nc2ccc(OCCCCCCCCCCC(=O)Cl)cc2)cc1. The second-order valence-corrected chi connectivity index (χ2v) is 8.31. The van der Waals surface area contributed by atoms with Crippen molar-refractivity contribution in [2.24, 2.45) is 10.2 Å². The highest BCUT2D eigenvalue weighted by Crippen LogP contribution is 2.23. The van der Waals surface area contributed by atoms with Crippen molar-refractivity contribution in [3.8, 4) is 5.75 Å². The minimum atomic E-state index is -0.218. The monoisotopic (exact) mass is 443 g/mol. The Labute approximate surface area is 191 Å². The van der Waals surface area contributed by atoms with E-state index in [-0.39, 0.29) is 5.24 Å². The van der Waals surface area contributed by atoms with Crippen molar-refractivity contribution in [1.82, 2.24) is 0 Å². The maximum absolute atomic E-state index is 10.7. The summed E-state index contributed by atoms with van der Waals surface area (Å²) in [5, 5.41) is 8.36. The van der Waals surface area contributed by atoms with E-state index in [0.717, 1.165) is 48.7 Å². The average molecular weight is 444 g/mol. The van der Waals surface area contributed by atoms with Crippen LogP contribution in [0.25, 0.3) is 0 Å². The van der Waals surface area contributed by atoms with Gasteiger partial charge in [0.25, 0.3) is 0 Å². The molecule has 0 bridgehead atoms. The van der Waals surface area contributed by atoms with E-state index >= 15 is 0 Å². The molecule has 6 heteroatoms. The van der Waals surface area contributed by atoms with E-state index in [0.29, 0.717) is 6.42 Å². The lowest BCUT2D eigenvalue weighted by Crippen LogP contribution is -2.07. The highest BCUT2D eigenvalue weighted by molar-refractivity contribution is 6.63. The molecule has 31 heavy (non-hydrogen) atoms. The van der Waals surface area contributed by atoms with Crippen LogP contribution in [0.15, 0.2) is 58.8 Å². The molecule has 2 aromatic rings. The van der Waals surface area contributed by atoms with Crippen LogP contribution < -0.4 is 9.64 Å². The van der Waals surface area contributed by atoms with Gasteiger partial charge in [-0.1, -0.05) is 38.5 Å². The van der Waals surface area contributed by atoms with Gasteiger partial charge in [-0.15, -0.1) is 0 Å². The van der Waals surface area contributed by atoms with E-state index in [4.69, 9.17) is 16.3 Å². The van der Waals surface area contributed by atoms with Gasteiger partial charge < -0.3 is 9.64 Å². The van der Waals surface area contributed by atoms with Crippen LogP contribution >= 0.6 is 11.6 Å². The van der Waals surface area contributed by atoms with Crippen LogP contribution in [0.5, 0.6) is 5.75 Å². The van der Waals surface area contributed by atoms with Crippen LogP contribution in [0, 0.1) is 0 Å². The van der Waals surface area contributed by atoms with Gasteiger partial charge in [-0.3, -0.25) is 4.79 Å². The molecule has 0 aromatic heterocycles. The summed E-state index contributed by atoms with van der Waals surface area (Å²) in [5.74, 6) is 0.864. The highest BCUT2D eigenvalue weighted by atomic mass is 35.5. The Hall–Kier alpha value is -2.40. The lowest BCUT2D eigenvalue weighted by atomic mass is 10.1. The Balaban J connectivity index is 1.56. The van der Waals surface area contributed by atoms with Crippen LogP contribution in [0.3, 0.4) is 0 Å². The quantitative estimate of drug-likeness (QED) is 0.160. The van der Waals surface area contributed by atoms with Crippen LogP contribution in [0.1, 0.15) is 57.8 Å². The molecule has 0 heterocycles. The van der Waals surface area contributed by atoms with Crippen LogP contribution in [0.2, 0.25) is 0 Å². The third-order valence-electron chi connectivity index (χ3n) is 5.02. The van der Waals surface area contributed by atoms with E-state index in [9.17, 15) is 4.79 Å². The number of benzene rings is 2. The van der Waals surface area contributed by atoms with Gasteiger partial charge in [-0.2, -0.15) is 10.2 Å². The van der Waals surface area contributed by atoms with Gasteiger partial charge in [-0.25, -0.2) is 0 Å². The molecule has 5 nitrogen and oxygen atoms in total. The van der Waals surface area contributed by atoms with Crippen molar-refractivity contribution in [3.63, 3.8) is 0 Å². The predicted molar refractivity (Wildman–Crippen MR) is 129 cm³/mol. The molecule has 168 valence electrons. The first-order chi connectivity index (χ1) is 15.0. The van der Waals surface area contributed by atoms with Crippen LogP contribution in [-0.2, 0) is 4.79 Å². The summed E-state index contributed by atoms with van der Waals surface area (Å²) >= 11 is 5.33. The number of anilines is 1. The molecule has 0 fully saturated rings. The Morgan fingerprint density at radius 3 is 1.77 bits per heavy atom. The average Bonchev–Trinajstić information content (AvgIpc) is 2.77. The first-order valence-corrected chi connectivity index (χ1v) is 11.5. The maximum Gasteiger partial charge on any atom is 0.221 e. The van der Waals surface area contributed by atoms with Gasteiger partial charge in [0.1, 0.15) is 5.75 Å². The maximum atomic E-state index is 10.7. The summed E-state index contributed by atoms with van der Waals surface area (Å²) in [6.45, 7) is 0.733. The summed E-state index contributed by atoms with van der Waals surface area (Å²) in [4.78, 5) is 12.7. The normalized spacial score (nSPS) is 11.1. The molecule has 0 atom stereocenters. The number of rotatable bonds is 15. The van der Waals surface area contributed by atoms with Gasteiger partial charge in [-0.05, 0) is 73.0 Å². The molecular formula is C25H34ClN3O2. The summed E-state index contributed by atoms with van der Waals surface area (Å²) in [5.41, 5.74) is 2.77. The molecule has 0 aliphatic carbocycles. The summed E-state index contributed by atoms with van der Waals surface area (Å²) in [6.07, 6.45) is 9.65. The Morgan fingerprint density at radius 2 is 1.26 bits per heavy atom. The number of unbranched alkanes of at least 4 members (excludes halogenated alkanes) is 7. The fraction of sp³-hybridized carbons (Fsp3) is 0.480. The fourth-order valence-electron chi connectivity index (χ4n) is 3.16. The molecule has 0 N–H and O–H groups in total. The number of azo groups is 1. The predicted octanol–water partition coefficient (Wildman–Crippen LogP) is 7.82. The molecule has 2 aromatic carbocycles. The van der Waals surface area contributed by atoms with Crippen molar-refractivity contribution >= 4 is 33.9 Å². The number of halogens is 1. The number of carbonyl (C=O) groups is 1. The Kier molecular flexibility index (Phi) is 11.7. The zero-order chi connectivity index (χ0) is 22.3. The topological polar surface area (TPSA) is 54.3 Å². The van der Waals surface area contributed by atoms with Crippen molar-refractivity contribution in [3.05, 3.63) is 48.5 Å². The van der Waals surface area contributed by atoms with Crippen molar-refractivity contribution in [1.29, 1.82) is 0 Å². The molecule has 0 saturated heterocycles. The number of carbonyl (C=O) groups excluding carboxylic acids is 1. The minimum absolute atomic E-state index is 0.218. The van der Waals surface area contributed by atoms with Crippen molar-refractivity contribution < 1.29 is 9.53 Å². The zero-order valence-electron chi connectivity index (χ0n) is 18.7. The lowest BCUT2D eigenvalue weighted by Gasteiger charge is -2.11. The van der Waals surface area contributed by atoms with Gasteiger partial charge in [0.15, 0.2) is 0 Å². The molecule has 0 amide bonds. The summed E-state index contributed by atoms with van der Waals surface area (Å²) in [6, 6.07) is 15.7. The van der Waals surface area contributed by atoms with Crippen molar-refractivity contribution in [2.75, 3.05) is 25.6 Å². The minimum Gasteiger partial charge on any atom is -0.494 e. The largest absolute Gasteiger partial charge is 0.494 e. The molecule has 0 saturated carbocycles. The van der Waals surface area contributed by atoms with Gasteiger partial charge in [0.2, 0.25) is 5.24 Å². The van der Waals surface area contributed by atoms with E-state index in [1.165, 1.54) is 32.1 Å². The van der Waals surface area contributed by atoms with E-state index < -0.39 is 0 Å². The van der Waals surface area contributed by atoms with Crippen LogP contribution in [0.4, 0.5) is 17.1 Å². The number of ether oxygens (including phenoxy) is 1. The number of hydrogen-bond donors (Lipinski definition) is 0. The number of nitrogens with zero attached hydrogens (tertiary/aromatic N) is 3. The van der Waals surface area contributed by atoms with E-state index in [2.05, 4.69) is 15.1 Å². The Bertz CT molecular complexity index is 789. The smallest absolute Gasteiger partial charge is 0.221 e. The molecular weight excluding hydrogens is 410 g/mol. The van der Waals surface area contributed by atoms with Gasteiger partial charge >= 0.3 is 0 Å². The first kappa shape index (κ1) is 24.9. The van der Waals surface area contributed by atoms with Crippen molar-refractivity contribution in [2.45, 2.75) is 57.8 Å². The molecule has 0 spiro atoms. The summed E-state index contributed by atoms with van der Waals surface area (Å²) < 4.78 is 5.82. The second kappa shape index (κ2) is 14.6.